The lowest BCUT2D eigenvalue weighted by Gasteiger charge is -2.12. The zero-order valence-electron chi connectivity index (χ0n) is 10.7. The van der Waals surface area contributed by atoms with Crippen molar-refractivity contribution in [3.8, 4) is 0 Å². The van der Waals surface area contributed by atoms with E-state index in [0.29, 0.717) is 17.0 Å². The van der Waals surface area contributed by atoms with Gasteiger partial charge in [-0.3, -0.25) is 9.59 Å². The normalized spacial score (nSPS) is 13.5. The maximum Gasteiger partial charge on any atom is 0.359 e. The van der Waals surface area contributed by atoms with Gasteiger partial charge in [-0.05, 0) is 25.0 Å². The van der Waals surface area contributed by atoms with Gasteiger partial charge < -0.3 is 4.84 Å². The van der Waals surface area contributed by atoms with E-state index in [1.807, 2.05) is 6.92 Å². The van der Waals surface area contributed by atoms with E-state index in [2.05, 4.69) is 6.58 Å². The Balaban J connectivity index is 2.39. The number of hydroxylamine groups is 2. The molecular weight excluding hydrogens is 246 g/mol. The Morgan fingerprint density at radius 1 is 1.32 bits per heavy atom. The SMILES string of the molecule is C=C(C)C(=O)ON1C(=O)c2cccc(CC)c2C1=O. The lowest BCUT2D eigenvalue weighted by atomic mass is 10.0. The average molecular weight is 259 g/mol. The number of rotatable bonds is 3. The highest BCUT2D eigenvalue weighted by molar-refractivity contribution is 6.21. The minimum Gasteiger partial charge on any atom is -0.325 e. The second kappa shape index (κ2) is 4.68. The highest BCUT2D eigenvalue weighted by atomic mass is 16.7. The largest absolute Gasteiger partial charge is 0.359 e. The fraction of sp³-hybridized carbons (Fsp3) is 0.214. The fourth-order valence-corrected chi connectivity index (χ4v) is 1.87. The van der Waals surface area contributed by atoms with Crippen LogP contribution in [0.15, 0.2) is 30.4 Å². The Morgan fingerprint density at radius 3 is 2.58 bits per heavy atom. The maximum absolute atomic E-state index is 12.1. The summed E-state index contributed by atoms with van der Waals surface area (Å²) in [5.41, 5.74) is 1.44. The van der Waals surface area contributed by atoms with Crippen molar-refractivity contribution in [2.45, 2.75) is 20.3 Å². The van der Waals surface area contributed by atoms with Crippen LogP contribution in [-0.2, 0) is 16.1 Å². The van der Waals surface area contributed by atoms with E-state index < -0.39 is 17.8 Å². The van der Waals surface area contributed by atoms with Gasteiger partial charge in [-0.25, -0.2) is 4.79 Å². The van der Waals surface area contributed by atoms with Crippen LogP contribution in [0.5, 0.6) is 0 Å². The van der Waals surface area contributed by atoms with E-state index in [0.717, 1.165) is 5.56 Å². The van der Waals surface area contributed by atoms with Gasteiger partial charge in [-0.15, -0.1) is 0 Å². The minimum absolute atomic E-state index is 0.118. The average Bonchev–Trinajstić information content (AvgIpc) is 2.63. The van der Waals surface area contributed by atoms with Crippen molar-refractivity contribution in [2.75, 3.05) is 0 Å². The predicted octanol–water partition coefficient (Wildman–Crippen LogP) is 1.88. The summed E-state index contributed by atoms with van der Waals surface area (Å²) in [6.07, 6.45) is 0.616. The number of benzene rings is 1. The molecular formula is C14H13NO4. The second-order valence-electron chi connectivity index (χ2n) is 4.26. The smallest absolute Gasteiger partial charge is 0.325 e. The number of carbonyl (C=O) groups is 3. The maximum atomic E-state index is 12.1. The highest BCUT2D eigenvalue weighted by Crippen LogP contribution is 2.26. The first-order valence-electron chi connectivity index (χ1n) is 5.85. The van der Waals surface area contributed by atoms with Crippen molar-refractivity contribution in [1.82, 2.24) is 5.06 Å². The Morgan fingerprint density at radius 2 is 2.00 bits per heavy atom. The number of nitrogens with zero attached hydrogens (tertiary/aromatic N) is 1. The molecule has 1 aromatic rings. The van der Waals surface area contributed by atoms with Gasteiger partial charge in [0.15, 0.2) is 0 Å². The van der Waals surface area contributed by atoms with Crippen LogP contribution in [0.25, 0.3) is 0 Å². The molecule has 5 heteroatoms. The van der Waals surface area contributed by atoms with E-state index in [4.69, 9.17) is 4.84 Å². The van der Waals surface area contributed by atoms with Crippen LogP contribution < -0.4 is 0 Å². The standard InChI is InChI=1S/C14H13NO4/c1-4-9-6-5-7-10-11(9)13(17)15(12(10)16)19-14(18)8(2)3/h5-7H,2,4H2,1,3H3. The summed E-state index contributed by atoms with van der Waals surface area (Å²) in [4.78, 5) is 40.4. The Bertz CT molecular complexity index is 603. The van der Waals surface area contributed by atoms with Crippen molar-refractivity contribution in [3.63, 3.8) is 0 Å². The van der Waals surface area contributed by atoms with Gasteiger partial charge in [0.05, 0.1) is 11.1 Å². The molecule has 0 spiro atoms. The molecule has 0 bridgehead atoms. The Labute approximate surface area is 110 Å². The molecule has 0 fully saturated rings. The third kappa shape index (κ3) is 2.03. The second-order valence-corrected chi connectivity index (χ2v) is 4.26. The summed E-state index contributed by atoms with van der Waals surface area (Å²) in [7, 11) is 0. The van der Waals surface area contributed by atoms with Crippen LogP contribution in [-0.4, -0.2) is 22.8 Å². The molecule has 98 valence electrons. The van der Waals surface area contributed by atoms with E-state index >= 15 is 0 Å². The third-order valence-corrected chi connectivity index (χ3v) is 2.87. The molecule has 0 saturated heterocycles. The van der Waals surface area contributed by atoms with Crippen molar-refractivity contribution in [2.24, 2.45) is 0 Å². The number of carbonyl (C=O) groups excluding carboxylic acids is 3. The molecule has 0 aromatic heterocycles. The third-order valence-electron chi connectivity index (χ3n) is 2.87. The van der Waals surface area contributed by atoms with Crippen molar-refractivity contribution in [3.05, 3.63) is 47.0 Å². The number of imide groups is 1. The van der Waals surface area contributed by atoms with Crippen LogP contribution in [0.3, 0.4) is 0 Å². The lowest BCUT2D eigenvalue weighted by Crippen LogP contribution is -2.32. The molecule has 1 aliphatic heterocycles. The van der Waals surface area contributed by atoms with Gasteiger partial charge in [-0.1, -0.05) is 30.7 Å². The number of fused-ring (bicyclic) bond motifs is 1. The number of hydrogen-bond donors (Lipinski definition) is 0. The quantitative estimate of drug-likeness (QED) is 0.614. The number of hydrogen-bond acceptors (Lipinski definition) is 4. The van der Waals surface area contributed by atoms with Crippen LogP contribution in [0.4, 0.5) is 0 Å². The highest BCUT2D eigenvalue weighted by Gasteiger charge is 2.40. The monoisotopic (exact) mass is 259 g/mol. The van der Waals surface area contributed by atoms with Crippen LogP contribution >= 0.6 is 0 Å². The molecule has 1 heterocycles. The molecule has 0 aliphatic carbocycles. The molecule has 0 N–H and O–H groups in total. The molecule has 5 nitrogen and oxygen atoms in total. The van der Waals surface area contributed by atoms with Gasteiger partial charge in [0.1, 0.15) is 0 Å². The molecule has 2 rings (SSSR count). The minimum atomic E-state index is -0.799. The topological polar surface area (TPSA) is 63.7 Å². The van der Waals surface area contributed by atoms with Gasteiger partial charge in [0.25, 0.3) is 11.8 Å². The first-order valence-corrected chi connectivity index (χ1v) is 5.85. The van der Waals surface area contributed by atoms with Crippen molar-refractivity contribution in [1.29, 1.82) is 0 Å². The van der Waals surface area contributed by atoms with Crippen molar-refractivity contribution < 1.29 is 19.2 Å². The van der Waals surface area contributed by atoms with Gasteiger partial charge in [0, 0.05) is 5.57 Å². The first-order chi connectivity index (χ1) is 8.97. The molecule has 0 atom stereocenters. The van der Waals surface area contributed by atoms with Gasteiger partial charge in [-0.2, -0.15) is 0 Å². The van der Waals surface area contributed by atoms with Gasteiger partial charge >= 0.3 is 5.97 Å². The zero-order valence-corrected chi connectivity index (χ0v) is 10.7. The van der Waals surface area contributed by atoms with Gasteiger partial charge in [0.2, 0.25) is 0 Å². The zero-order chi connectivity index (χ0) is 14.2. The lowest BCUT2D eigenvalue weighted by molar-refractivity contribution is -0.163. The molecule has 19 heavy (non-hydrogen) atoms. The molecule has 0 radical (unpaired) electrons. The van der Waals surface area contributed by atoms with Crippen LogP contribution in [0.2, 0.25) is 0 Å². The summed E-state index contributed by atoms with van der Waals surface area (Å²) in [6, 6.07) is 5.02. The molecule has 1 aliphatic rings. The predicted molar refractivity (Wildman–Crippen MR) is 67.2 cm³/mol. The molecule has 0 unspecified atom stereocenters. The molecule has 2 amide bonds. The Kier molecular flexibility index (Phi) is 3.21. The summed E-state index contributed by atoms with van der Waals surface area (Å²) in [5.74, 6) is -2.02. The van der Waals surface area contributed by atoms with E-state index in [1.54, 1.807) is 18.2 Å². The molecule has 1 aromatic carbocycles. The van der Waals surface area contributed by atoms with Crippen molar-refractivity contribution >= 4 is 17.8 Å². The van der Waals surface area contributed by atoms with Crippen LogP contribution in [0.1, 0.15) is 40.1 Å². The van der Waals surface area contributed by atoms with E-state index in [1.165, 1.54) is 6.92 Å². The fourth-order valence-electron chi connectivity index (χ4n) is 1.87. The number of aryl methyl sites for hydroxylation is 1. The summed E-state index contributed by atoms with van der Waals surface area (Å²) < 4.78 is 0. The summed E-state index contributed by atoms with van der Waals surface area (Å²) >= 11 is 0. The van der Waals surface area contributed by atoms with Crippen LogP contribution in [0, 0.1) is 0 Å². The number of amides is 2. The Hall–Kier alpha value is -2.43. The summed E-state index contributed by atoms with van der Waals surface area (Å²) in [6.45, 7) is 6.73. The van der Waals surface area contributed by atoms with E-state index in [9.17, 15) is 14.4 Å². The summed E-state index contributed by atoms with van der Waals surface area (Å²) in [5, 5.41) is 0.501. The van der Waals surface area contributed by atoms with E-state index in [-0.39, 0.29) is 11.1 Å². The molecule has 0 saturated carbocycles. The first kappa shape index (κ1) is 13.0.